The van der Waals surface area contributed by atoms with Crippen molar-refractivity contribution in [3.05, 3.63) is 57.1 Å². The Hall–Kier alpha value is -2.84. The maximum atomic E-state index is 12.2. The lowest BCUT2D eigenvalue weighted by molar-refractivity contribution is -0.385. The van der Waals surface area contributed by atoms with Crippen molar-refractivity contribution >= 4 is 23.2 Å². The van der Waals surface area contributed by atoms with Crippen LogP contribution in [-0.4, -0.2) is 31.0 Å². The zero-order chi connectivity index (χ0) is 20.0. The number of nitro groups is 1. The maximum absolute atomic E-state index is 12.2. The van der Waals surface area contributed by atoms with Gasteiger partial charge in [0, 0.05) is 23.2 Å². The van der Waals surface area contributed by atoms with E-state index >= 15 is 0 Å². The summed E-state index contributed by atoms with van der Waals surface area (Å²) in [5.74, 6) is 0.381. The first-order valence-electron chi connectivity index (χ1n) is 8.13. The maximum Gasteiger partial charge on any atom is 0.313 e. The summed E-state index contributed by atoms with van der Waals surface area (Å²) >= 11 is 5.80. The SMILES string of the molecule is COc1cc(C(=O)NCC(C)CN)ccc1Oc1ccc(Cl)cc1[N+](=O)[O-]. The molecule has 0 aliphatic carbocycles. The molecule has 0 saturated carbocycles. The molecule has 0 aliphatic rings. The topological polar surface area (TPSA) is 117 Å². The van der Waals surface area contributed by atoms with Gasteiger partial charge in [0.15, 0.2) is 11.5 Å². The predicted molar refractivity (Wildman–Crippen MR) is 102 cm³/mol. The van der Waals surface area contributed by atoms with Crippen LogP contribution in [0.25, 0.3) is 0 Å². The number of carbonyl (C=O) groups excluding carboxylic acids is 1. The number of nitrogens with two attached hydrogens (primary N) is 1. The van der Waals surface area contributed by atoms with Gasteiger partial charge in [-0.1, -0.05) is 18.5 Å². The molecule has 3 N–H and O–H groups in total. The van der Waals surface area contributed by atoms with Gasteiger partial charge in [0.2, 0.25) is 5.75 Å². The zero-order valence-corrected chi connectivity index (χ0v) is 15.7. The van der Waals surface area contributed by atoms with E-state index in [1.807, 2.05) is 6.92 Å². The van der Waals surface area contributed by atoms with Crippen LogP contribution in [0, 0.1) is 16.0 Å². The van der Waals surface area contributed by atoms with Crippen LogP contribution in [0.5, 0.6) is 17.2 Å². The molecule has 0 radical (unpaired) electrons. The molecular weight excluding hydrogens is 374 g/mol. The molecule has 0 aliphatic heterocycles. The molecule has 0 fully saturated rings. The van der Waals surface area contributed by atoms with E-state index < -0.39 is 4.92 Å². The van der Waals surface area contributed by atoms with Crippen molar-refractivity contribution in [1.82, 2.24) is 5.32 Å². The van der Waals surface area contributed by atoms with Gasteiger partial charge in [-0.2, -0.15) is 0 Å². The van der Waals surface area contributed by atoms with Crippen LogP contribution in [0.4, 0.5) is 5.69 Å². The minimum atomic E-state index is -0.589. The summed E-state index contributed by atoms with van der Waals surface area (Å²) in [5, 5.41) is 14.2. The van der Waals surface area contributed by atoms with E-state index in [1.165, 1.54) is 37.4 Å². The van der Waals surface area contributed by atoms with E-state index in [0.717, 1.165) is 0 Å². The van der Waals surface area contributed by atoms with Crippen molar-refractivity contribution < 1.29 is 19.2 Å². The predicted octanol–water partition coefficient (Wildman–Crippen LogP) is 3.37. The van der Waals surface area contributed by atoms with Crippen molar-refractivity contribution in [3.8, 4) is 17.2 Å². The van der Waals surface area contributed by atoms with E-state index in [-0.39, 0.29) is 39.8 Å². The fourth-order valence-electron chi connectivity index (χ4n) is 2.18. The third-order valence-electron chi connectivity index (χ3n) is 3.78. The molecule has 0 heterocycles. The van der Waals surface area contributed by atoms with Gasteiger partial charge in [0.1, 0.15) is 0 Å². The first kappa shape index (κ1) is 20.5. The number of benzene rings is 2. The van der Waals surface area contributed by atoms with E-state index in [9.17, 15) is 14.9 Å². The molecule has 1 atom stereocenters. The average Bonchev–Trinajstić information content (AvgIpc) is 2.67. The van der Waals surface area contributed by atoms with Crippen molar-refractivity contribution in [2.45, 2.75) is 6.92 Å². The minimum Gasteiger partial charge on any atom is -0.493 e. The normalized spacial score (nSPS) is 11.6. The van der Waals surface area contributed by atoms with E-state index in [4.69, 9.17) is 26.8 Å². The summed E-state index contributed by atoms with van der Waals surface area (Å²) in [6.07, 6.45) is 0. The van der Waals surface area contributed by atoms with Gasteiger partial charge in [0.25, 0.3) is 5.91 Å². The smallest absolute Gasteiger partial charge is 0.313 e. The molecule has 9 heteroatoms. The molecular formula is C18H20ClN3O5. The Morgan fingerprint density at radius 1 is 1.26 bits per heavy atom. The highest BCUT2D eigenvalue weighted by molar-refractivity contribution is 6.30. The molecule has 0 aromatic heterocycles. The molecule has 8 nitrogen and oxygen atoms in total. The second-order valence-corrected chi connectivity index (χ2v) is 6.32. The summed E-state index contributed by atoms with van der Waals surface area (Å²) in [4.78, 5) is 22.8. The van der Waals surface area contributed by atoms with Crippen molar-refractivity contribution in [2.24, 2.45) is 11.7 Å². The van der Waals surface area contributed by atoms with Gasteiger partial charge in [-0.15, -0.1) is 0 Å². The largest absolute Gasteiger partial charge is 0.493 e. The van der Waals surface area contributed by atoms with Gasteiger partial charge in [-0.3, -0.25) is 14.9 Å². The Kier molecular flexibility index (Phi) is 6.98. The van der Waals surface area contributed by atoms with Crippen LogP contribution in [-0.2, 0) is 0 Å². The third-order valence-corrected chi connectivity index (χ3v) is 4.01. The lowest BCUT2D eigenvalue weighted by Crippen LogP contribution is -2.31. The highest BCUT2D eigenvalue weighted by Gasteiger charge is 2.19. The number of rotatable bonds is 8. The molecule has 27 heavy (non-hydrogen) atoms. The number of carbonyl (C=O) groups is 1. The van der Waals surface area contributed by atoms with Gasteiger partial charge in [-0.05, 0) is 42.8 Å². The lowest BCUT2D eigenvalue weighted by atomic mass is 10.1. The number of nitrogens with one attached hydrogen (secondary N) is 1. The molecule has 0 saturated heterocycles. The van der Waals surface area contributed by atoms with Crippen LogP contribution in [0.1, 0.15) is 17.3 Å². The van der Waals surface area contributed by atoms with Crippen LogP contribution in [0.2, 0.25) is 5.02 Å². The number of halogens is 1. The summed E-state index contributed by atoms with van der Waals surface area (Å²) in [6.45, 7) is 2.85. The third kappa shape index (κ3) is 5.32. The van der Waals surface area contributed by atoms with Crippen molar-refractivity contribution in [1.29, 1.82) is 0 Å². The van der Waals surface area contributed by atoms with Crippen LogP contribution < -0.4 is 20.5 Å². The first-order valence-corrected chi connectivity index (χ1v) is 8.51. The lowest BCUT2D eigenvalue weighted by Gasteiger charge is -2.13. The number of hydrogen-bond acceptors (Lipinski definition) is 6. The van der Waals surface area contributed by atoms with E-state index in [0.29, 0.717) is 18.7 Å². The van der Waals surface area contributed by atoms with Gasteiger partial charge >= 0.3 is 5.69 Å². The second-order valence-electron chi connectivity index (χ2n) is 5.89. The van der Waals surface area contributed by atoms with E-state index in [2.05, 4.69) is 5.32 Å². The van der Waals surface area contributed by atoms with Gasteiger partial charge in [0.05, 0.1) is 12.0 Å². The number of hydrogen-bond donors (Lipinski definition) is 2. The van der Waals surface area contributed by atoms with Gasteiger partial charge in [-0.25, -0.2) is 0 Å². The number of nitro benzene ring substituents is 1. The Morgan fingerprint density at radius 3 is 2.59 bits per heavy atom. The van der Waals surface area contributed by atoms with Crippen molar-refractivity contribution in [2.75, 3.05) is 20.2 Å². The molecule has 0 bridgehead atoms. The highest BCUT2D eigenvalue weighted by atomic mass is 35.5. The molecule has 0 spiro atoms. The first-order chi connectivity index (χ1) is 12.8. The second kappa shape index (κ2) is 9.20. The molecule has 144 valence electrons. The van der Waals surface area contributed by atoms with Crippen molar-refractivity contribution in [3.63, 3.8) is 0 Å². The Morgan fingerprint density at radius 2 is 1.96 bits per heavy atom. The zero-order valence-electron chi connectivity index (χ0n) is 14.9. The Labute approximate surface area is 161 Å². The standard InChI is InChI=1S/C18H20ClN3O5/c1-11(9-20)10-21-18(23)12-3-5-16(17(7-12)26-2)27-15-6-4-13(19)8-14(15)22(24)25/h3-8,11H,9-10,20H2,1-2H3,(H,21,23). The van der Waals surface area contributed by atoms with Crippen LogP contribution >= 0.6 is 11.6 Å². The molecule has 2 aromatic carbocycles. The number of nitrogens with zero attached hydrogens (tertiary/aromatic N) is 1. The monoisotopic (exact) mass is 393 g/mol. The minimum absolute atomic E-state index is 0.0108. The highest BCUT2D eigenvalue weighted by Crippen LogP contribution is 2.37. The Bertz CT molecular complexity index is 844. The fraction of sp³-hybridized carbons (Fsp3) is 0.278. The number of ether oxygens (including phenoxy) is 2. The Balaban J connectivity index is 2.24. The fourth-order valence-corrected chi connectivity index (χ4v) is 2.35. The van der Waals surface area contributed by atoms with Crippen LogP contribution in [0.3, 0.4) is 0 Å². The summed E-state index contributed by atoms with van der Waals surface area (Å²) in [6, 6.07) is 8.63. The summed E-state index contributed by atoms with van der Waals surface area (Å²) in [5.41, 5.74) is 5.63. The summed E-state index contributed by atoms with van der Waals surface area (Å²) < 4.78 is 10.9. The molecule has 2 aromatic rings. The number of methoxy groups -OCH3 is 1. The van der Waals surface area contributed by atoms with Gasteiger partial charge < -0.3 is 20.5 Å². The summed E-state index contributed by atoms with van der Waals surface area (Å²) in [7, 11) is 1.41. The molecule has 2 rings (SSSR count). The molecule has 1 unspecified atom stereocenters. The average molecular weight is 394 g/mol. The van der Waals surface area contributed by atoms with Crippen LogP contribution in [0.15, 0.2) is 36.4 Å². The quantitative estimate of drug-likeness (QED) is 0.524. The van der Waals surface area contributed by atoms with E-state index in [1.54, 1.807) is 6.07 Å². The number of amides is 1. The molecule has 1 amide bonds.